The van der Waals surface area contributed by atoms with E-state index >= 15 is 0 Å². The van der Waals surface area contributed by atoms with Crippen molar-refractivity contribution in [2.75, 3.05) is 13.1 Å². The maximum absolute atomic E-state index is 14.0. The molecule has 0 spiro atoms. The second kappa shape index (κ2) is 9.78. The van der Waals surface area contributed by atoms with Gasteiger partial charge in [-0.15, -0.1) is 6.58 Å². The zero-order valence-corrected chi connectivity index (χ0v) is 19.1. The highest BCUT2D eigenvalue weighted by molar-refractivity contribution is 6.04. The summed E-state index contributed by atoms with van der Waals surface area (Å²) in [6, 6.07) is 12.9. The molecule has 1 heterocycles. The summed E-state index contributed by atoms with van der Waals surface area (Å²) in [5.41, 5.74) is 4.99. The number of benzene rings is 2. The van der Waals surface area contributed by atoms with Crippen LogP contribution in [-0.4, -0.2) is 40.7 Å². The maximum atomic E-state index is 14.0. The number of halogens is 1. The van der Waals surface area contributed by atoms with Gasteiger partial charge < -0.3 is 0 Å². The Morgan fingerprint density at radius 1 is 1.22 bits per heavy atom. The molecule has 2 aromatic rings. The molecule has 0 radical (unpaired) electrons. The minimum atomic E-state index is -0.303. The average molecular weight is 434 g/mol. The molecule has 1 amide bonds. The fourth-order valence-corrected chi connectivity index (χ4v) is 4.95. The van der Waals surface area contributed by atoms with Crippen molar-refractivity contribution >= 4 is 11.6 Å². The van der Waals surface area contributed by atoms with Gasteiger partial charge in [-0.1, -0.05) is 48.7 Å². The Balaban J connectivity index is 1.65. The molecule has 0 saturated heterocycles. The first-order valence-corrected chi connectivity index (χ1v) is 11.5. The largest absolute Gasteiger partial charge is 0.288 e. The summed E-state index contributed by atoms with van der Waals surface area (Å²) in [6.45, 7) is 8.98. The SMILES string of the molecule is C=CCN(CC(=O)N1N=C(c2cc(C)ccc2C)CC1c1cccc(F)c1)C1CCCC1. The lowest BCUT2D eigenvalue weighted by Crippen LogP contribution is -2.42. The van der Waals surface area contributed by atoms with E-state index in [1.165, 1.54) is 25.0 Å². The minimum Gasteiger partial charge on any atom is -0.288 e. The van der Waals surface area contributed by atoms with E-state index < -0.39 is 0 Å². The number of hydrogen-bond donors (Lipinski definition) is 0. The molecule has 4 nitrogen and oxygen atoms in total. The lowest BCUT2D eigenvalue weighted by Gasteiger charge is -2.30. The standard InChI is InChI=1S/C27H32FN3O/c1-4-14-30(23-10-5-6-11-23)18-27(32)31-26(21-8-7-9-22(28)16-21)17-25(29-31)24-15-19(2)12-13-20(24)3/h4,7-9,12-13,15-16,23,26H,1,5-6,10-11,14,17-18H2,2-3H3. The van der Waals surface area contributed by atoms with Crippen molar-refractivity contribution in [3.8, 4) is 0 Å². The van der Waals surface area contributed by atoms with Gasteiger partial charge in [0.25, 0.3) is 5.91 Å². The third kappa shape index (κ3) is 4.83. The fraction of sp³-hybridized carbons (Fsp3) is 0.407. The first-order chi connectivity index (χ1) is 15.5. The predicted molar refractivity (Wildman–Crippen MR) is 127 cm³/mol. The normalized spacial score (nSPS) is 18.9. The molecule has 2 aromatic carbocycles. The molecule has 32 heavy (non-hydrogen) atoms. The van der Waals surface area contributed by atoms with Crippen molar-refractivity contribution in [3.63, 3.8) is 0 Å². The molecule has 1 unspecified atom stereocenters. The molecule has 1 fully saturated rings. The summed E-state index contributed by atoms with van der Waals surface area (Å²) in [5, 5.41) is 6.41. The summed E-state index contributed by atoms with van der Waals surface area (Å²) < 4.78 is 14.0. The van der Waals surface area contributed by atoms with Gasteiger partial charge in [0.1, 0.15) is 5.82 Å². The van der Waals surface area contributed by atoms with E-state index in [1.807, 2.05) is 12.1 Å². The minimum absolute atomic E-state index is 0.0479. The molecular weight excluding hydrogens is 401 g/mol. The molecule has 5 heteroatoms. The highest BCUT2D eigenvalue weighted by Gasteiger charge is 2.35. The van der Waals surface area contributed by atoms with Gasteiger partial charge in [0.05, 0.1) is 18.3 Å². The van der Waals surface area contributed by atoms with Crippen molar-refractivity contribution in [1.82, 2.24) is 9.91 Å². The number of hydrazone groups is 1. The van der Waals surface area contributed by atoms with E-state index in [-0.39, 0.29) is 17.8 Å². The van der Waals surface area contributed by atoms with Gasteiger partial charge in [-0.3, -0.25) is 9.69 Å². The maximum Gasteiger partial charge on any atom is 0.257 e. The predicted octanol–water partition coefficient (Wildman–Crippen LogP) is 5.55. The van der Waals surface area contributed by atoms with Gasteiger partial charge in [0, 0.05) is 24.6 Å². The second-order valence-electron chi connectivity index (χ2n) is 9.03. The van der Waals surface area contributed by atoms with E-state index in [0.29, 0.717) is 25.6 Å². The van der Waals surface area contributed by atoms with E-state index in [1.54, 1.807) is 11.1 Å². The van der Waals surface area contributed by atoms with Crippen LogP contribution < -0.4 is 0 Å². The van der Waals surface area contributed by atoms with E-state index in [9.17, 15) is 9.18 Å². The Labute approximate surface area is 190 Å². The first-order valence-electron chi connectivity index (χ1n) is 11.5. The average Bonchev–Trinajstić information content (AvgIpc) is 3.45. The number of carbonyl (C=O) groups is 1. The van der Waals surface area contributed by atoms with Crippen LogP contribution >= 0.6 is 0 Å². The molecular formula is C27H32FN3O. The molecule has 2 aliphatic rings. The smallest absolute Gasteiger partial charge is 0.257 e. The molecule has 1 aliphatic heterocycles. The third-order valence-corrected chi connectivity index (χ3v) is 6.65. The van der Waals surface area contributed by atoms with Crippen LogP contribution in [0.5, 0.6) is 0 Å². The Bertz CT molecular complexity index is 1030. The fourth-order valence-electron chi connectivity index (χ4n) is 4.95. The Hall–Kier alpha value is -2.79. The number of aryl methyl sites for hydroxylation is 2. The number of amides is 1. The van der Waals surface area contributed by atoms with Crippen LogP contribution in [0.25, 0.3) is 0 Å². The van der Waals surface area contributed by atoms with Crippen molar-refractivity contribution in [1.29, 1.82) is 0 Å². The lowest BCUT2D eigenvalue weighted by atomic mass is 9.95. The Morgan fingerprint density at radius 2 is 2.00 bits per heavy atom. The topological polar surface area (TPSA) is 35.9 Å². The van der Waals surface area contributed by atoms with Crippen LogP contribution in [0.2, 0.25) is 0 Å². The first kappa shape index (κ1) is 22.4. The van der Waals surface area contributed by atoms with Crippen molar-refractivity contribution in [2.24, 2.45) is 5.10 Å². The van der Waals surface area contributed by atoms with Gasteiger partial charge >= 0.3 is 0 Å². The highest BCUT2D eigenvalue weighted by Crippen LogP contribution is 2.34. The van der Waals surface area contributed by atoms with E-state index in [2.05, 4.69) is 43.5 Å². The molecule has 0 N–H and O–H groups in total. The summed E-state index contributed by atoms with van der Waals surface area (Å²) in [6.07, 6.45) is 7.08. The van der Waals surface area contributed by atoms with Crippen LogP contribution in [0.4, 0.5) is 4.39 Å². The van der Waals surface area contributed by atoms with Crippen molar-refractivity contribution in [2.45, 2.75) is 58.0 Å². The van der Waals surface area contributed by atoms with E-state index in [4.69, 9.17) is 5.10 Å². The highest BCUT2D eigenvalue weighted by atomic mass is 19.1. The summed E-state index contributed by atoms with van der Waals surface area (Å²) in [7, 11) is 0. The summed E-state index contributed by atoms with van der Waals surface area (Å²) in [5.74, 6) is -0.345. The Morgan fingerprint density at radius 3 is 2.72 bits per heavy atom. The van der Waals surface area contributed by atoms with Gasteiger partial charge in [0.2, 0.25) is 0 Å². The molecule has 1 aliphatic carbocycles. The van der Waals surface area contributed by atoms with E-state index in [0.717, 1.165) is 40.8 Å². The van der Waals surface area contributed by atoms with Gasteiger partial charge in [0.15, 0.2) is 0 Å². The van der Waals surface area contributed by atoms with Crippen molar-refractivity contribution < 1.29 is 9.18 Å². The quantitative estimate of drug-likeness (QED) is 0.537. The molecule has 1 saturated carbocycles. The van der Waals surface area contributed by atoms with Crippen LogP contribution in [0.3, 0.4) is 0 Å². The number of carbonyl (C=O) groups excluding carboxylic acids is 1. The van der Waals surface area contributed by atoms with Crippen LogP contribution in [-0.2, 0) is 4.79 Å². The number of rotatable bonds is 7. The molecule has 1 atom stereocenters. The molecule has 168 valence electrons. The number of nitrogens with zero attached hydrogens (tertiary/aromatic N) is 3. The monoisotopic (exact) mass is 433 g/mol. The van der Waals surface area contributed by atoms with Crippen LogP contribution in [0, 0.1) is 19.7 Å². The Kier molecular flexibility index (Phi) is 6.85. The molecule has 0 aromatic heterocycles. The molecule has 4 rings (SSSR count). The van der Waals surface area contributed by atoms with Crippen LogP contribution in [0.15, 0.2) is 60.2 Å². The van der Waals surface area contributed by atoms with Crippen molar-refractivity contribution in [3.05, 3.63) is 83.2 Å². The summed E-state index contributed by atoms with van der Waals surface area (Å²) in [4.78, 5) is 15.8. The van der Waals surface area contributed by atoms with Gasteiger partial charge in [-0.05, 0) is 56.0 Å². The van der Waals surface area contributed by atoms with Gasteiger partial charge in [-0.25, -0.2) is 9.40 Å². The van der Waals surface area contributed by atoms with Gasteiger partial charge in [-0.2, -0.15) is 5.10 Å². The number of hydrogen-bond acceptors (Lipinski definition) is 3. The third-order valence-electron chi connectivity index (χ3n) is 6.65. The lowest BCUT2D eigenvalue weighted by molar-refractivity contribution is -0.134. The zero-order chi connectivity index (χ0) is 22.7. The molecule has 0 bridgehead atoms. The zero-order valence-electron chi connectivity index (χ0n) is 19.1. The second-order valence-corrected chi connectivity index (χ2v) is 9.03. The summed E-state index contributed by atoms with van der Waals surface area (Å²) >= 11 is 0. The van der Waals surface area contributed by atoms with Crippen LogP contribution in [0.1, 0.15) is 60.4 Å².